The third kappa shape index (κ3) is 4.72. The van der Waals surface area contributed by atoms with Crippen molar-refractivity contribution in [2.24, 2.45) is 0 Å². The van der Waals surface area contributed by atoms with Crippen LogP contribution in [0.1, 0.15) is 37.9 Å². The van der Waals surface area contributed by atoms with Gasteiger partial charge >= 0.3 is 5.91 Å². The van der Waals surface area contributed by atoms with Gasteiger partial charge in [-0.05, 0) is 62.7 Å². The number of benzene rings is 2. The molecule has 9 heteroatoms. The molecule has 8 nitrogen and oxygen atoms in total. The van der Waals surface area contributed by atoms with Gasteiger partial charge in [-0.3, -0.25) is 14.5 Å². The van der Waals surface area contributed by atoms with Crippen LogP contribution in [0.5, 0.6) is 17.2 Å². The van der Waals surface area contributed by atoms with Crippen molar-refractivity contribution < 1.29 is 28.9 Å². The van der Waals surface area contributed by atoms with E-state index in [1.54, 1.807) is 54.0 Å². The third-order valence-electron chi connectivity index (χ3n) is 5.39. The molecule has 35 heavy (non-hydrogen) atoms. The van der Waals surface area contributed by atoms with Crippen LogP contribution in [0.15, 0.2) is 59.6 Å². The molecule has 1 saturated heterocycles. The molecule has 2 aromatic carbocycles. The Morgan fingerprint density at radius 3 is 2.29 bits per heavy atom. The second-order valence-corrected chi connectivity index (χ2v) is 8.39. The normalized spacial score (nSPS) is 17.0. The van der Waals surface area contributed by atoms with Crippen LogP contribution in [0.2, 0.25) is 0 Å². The second kappa shape index (κ2) is 10.6. The van der Waals surface area contributed by atoms with Gasteiger partial charge in [0.15, 0.2) is 16.6 Å². The summed E-state index contributed by atoms with van der Waals surface area (Å²) in [5.74, 6) is -0.153. The molecule has 2 heterocycles. The molecule has 0 aliphatic carbocycles. The van der Waals surface area contributed by atoms with Crippen LogP contribution < -0.4 is 19.1 Å². The van der Waals surface area contributed by atoms with E-state index >= 15 is 0 Å². The van der Waals surface area contributed by atoms with Crippen LogP contribution in [0.4, 0.5) is 5.13 Å². The van der Waals surface area contributed by atoms with E-state index < -0.39 is 17.7 Å². The largest absolute Gasteiger partial charge is 0.507 e. The van der Waals surface area contributed by atoms with E-state index in [0.29, 0.717) is 53.3 Å². The predicted octanol–water partition coefficient (Wildman–Crippen LogP) is 4.97. The van der Waals surface area contributed by atoms with Gasteiger partial charge in [0.05, 0.1) is 31.4 Å². The lowest BCUT2D eigenvalue weighted by molar-refractivity contribution is -0.132. The molecular formula is C26H26N2O6S. The molecule has 182 valence electrons. The van der Waals surface area contributed by atoms with Gasteiger partial charge < -0.3 is 19.3 Å². The van der Waals surface area contributed by atoms with Crippen LogP contribution in [-0.2, 0) is 9.59 Å². The first-order valence-corrected chi connectivity index (χ1v) is 12.2. The molecule has 1 aromatic heterocycles. The van der Waals surface area contributed by atoms with Crippen LogP contribution in [0.3, 0.4) is 0 Å². The fourth-order valence-corrected chi connectivity index (χ4v) is 4.62. The van der Waals surface area contributed by atoms with Crippen molar-refractivity contribution in [1.82, 2.24) is 4.98 Å². The summed E-state index contributed by atoms with van der Waals surface area (Å²) in [6.07, 6.45) is 1.56. The molecule has 0 bridgehead atoms. The number of nitrogens with zero attached hydrogens (tertiary/aromatic N) is 2. The summed E-state index contributed by atoms with van der Waals surface area (Å²) in [7, 11) is 0. The molecule has 1 atom stereocenters. The Balaban J connectivity index is 1.88. The van der Waals surface area contributed by atoms with E-state index in [1.807, 2.05) is 20.8 Å². The zero-order valence-electron chi connectivity index (χ0n) is 19.7. The van der Waals surface area contributed by atoms with E-state index in [2.05, 4.69) is 4.98 Å². The molecule has 1 N–H and O–H groups in total. The maximum atomic E-state index is 13.2. The van der Waals surface area contributed by atoms with Crippen LogP contribution in [0, 0.1) is 0 Å². The minimum Gasteiger partial charge on any atom is -0.507 e. The Labute approximate surface area is 207 Å². The van der Waals surface area contributed by atoms with Crippen molar-refractivity contribution in [3.8, 4) is 17.2 Å². The number of anilines is 1. The summed E-state index contributed by atoms with van der Waals surface area (Å²) < 4.78 is 16.9. The number of Topliss-reactive ketones (excluding diaryl/α,β-unsaturated/α-hetero) is 1. The van der Waals surface area contributed by atoms with Crippen molar-refractivity contribution in [3.05, 3.63) is 70.7 Å². The number of rotatable bonds is 9. The Bertz CT molecular complexity index is 1240. The SMILES string of the molecule is CCOc1ccc(C(O)=C2C(=O)C(=O)N(c3nccs3)C2c2ccc(OCC)c(OCC)c2)cc1. The Morgan fingerprint density at radius 2 is 1.66 bits per heavy atom. The summed E-state index contributed by atoms with van der Waals surface area (Å²) in [6.45, 7) is 6.97. The van der Waals surface area contributed by atoms with E-state index in [9.17, 15) is 14.7 Å². The van der Waals surface area contributed by atoms with E-state index in [-0.39, 0.29) is 11.3 Å². The van der Waals surface area contributed by atoms with E-state index in [4.69, 9.17) is 14.2 Å². The summed E-state index contributed by atoms with van der Waals surface area (Å²) in [5.41, 5.74) is 0.950. The average molecular weight is 495 g/mol. The number of carbonyl (C=O) groups is 2. The van der Waals surface area contributed by atoms with Gasteiger partial charge in [-0.25, -0.2) is 4.98 Å². The van der Waals surface area contributed by atoms with Crippen molar-refractivity contribution in [3.63, 3.8) is 0 Å². The number of aliphatic hydroxyl groups excluding tert-OH is 1. The van der Waals surface area contributed by atoms with Crippen molar-refractivity contribution in [2.75, 3.05) is 24.7 Å². The van der Waals surface area contributed by atoms with Gasteiger partial charge in [0.1, 0.15) is 11.5 Å². The lowest BCUT2D eigenvalue weighted by Gasteiger charge is -2.24. The van der Waals surface area contributed by atoms with Crippen LogP contribution in [0.25, 0.3) is 5.76 Å². The zero-order valence-corrected chi connectivity index (χ0v) is 20.5. The number of ketones is 1. The highest BCUT2D eigenvalue weighted by Gasteiger charge is 2.48. The lowest BCUT2D eigenvalue weighted by Crippen LogP contribution is -2.29. The standard InChI is InChI=1S/C26H26N2O6S/c1-4-32-18-10-7-16(8-11-18)23(29)21-22(28(25(31)24(21)30)26-27-13-14-35-26)17-9-12-19(33-5-2)20(15-17)34-6-3/h7-15,22,29H,4-6H2,1-3H3. The fraction of sp³-hybridized carbons (Fsp3) is 0.269. The molecule has 4 rings (SSSR count). The predicted molar refractivity (Wildman–Crippen MR) is 133 cm³/mol. The monoisotopic (exact) mass is 494 g/mol. The van der Waals surface area contributed by atoms with Gasteiger partial charge in [0.25, 0.3) is 5.78 Å². The lowest BCUT2D eigenvalue weighted by atomic mass is 9.95. The summed E-state index contributed by atoms with van der Waals surface area (Å²) in [4.78, 5) is 32.0. The van der Waals surface area contributed by atoms with Crippen molar-refractivity contribution >= 4 is 33.9 Å². The van der Waals surface area contributed by atoms with Gasteiger partial charge in [0.2, 0.25) is 0 Å². The highest BCUT2D eigenvalue weighted by atomic mass is 32.1. The quantitative estimate of drug-likeness (QED) is 0.255. The summed E-state index contributed by atoms with van der Waals surface area (Å²) >= 11 is 1.23. The second-order valence-electron chi connectivity index (χ2n) is 7.51. The number of ether oxygens (including phenoxy) is 3. The van der Waals surface area contributed by atoms with E-state index in [0.717, 1.165) is 0 Å². The van der Waals surface area contributed by atoms with E-state index in [1.165, 1.54) is 16.2 Å². The average Bonchev–Trinajstić information content (AvgIpc) is 3.47. The minimum atomic E-state index is -0.900. The Kier molecular flexibility index (Phi) is 7.36. The Morgan fingerprint density at radius 1 is 0.971 bits per heavy atom. The number of hydrogen-bond acceptors (Lipinski definition) is 8. The highest BCUT2D eigenvalue weighted by molar-refractivity contribution is 7.14. The van der Waals surface area contributed by atoms with Crippen molar-refractivity contribution in [2.45, 2.75) is 26.8 Å². The number of thiazole rings is 1. The van der Waals surface area contributed by atoms with Crippen LogP contribution in [-0.4, -0.2) is 41.6 Å². The minimum absolute atomic E-state index is 0.0269. The summed E-state index contributed by atoms with van der Waals surface area (Å²) in [6, 6.07) is 11.0. The fourth-order valence-electron chi connectivity index (χ4n) is 3.95. The first-order valence-electron chi connectivity index (χ1n) is 11.3. The molecule has 1 unspecified atom stereocenters. The molecule has 0 radical (unpaired) electrons. The Hall–Kier alpha value is -3.85. The molecule has 0 saturated carbocycles. The van der Waals surface area contributed by atoms with Gasteiger partial charge in [0, 0.05) is 17.1 Å². The van der Waals surface area contributed by atoms with Gasteiger partial charge in [-0.2, -0.15) is 0 Å². The van der Waals surface area contributed by atoms with Gasteiger partial charge in [-0.15, -0.1) is 11.3 Å². The molecule has 1 aliphatic rings. The number of aromatic nitrogens is 1. The summed E-state index contributed by atoms with van der Waals surface area (Å²) in [5, 5.41) is 13.3. The number of carbonyl (C=O) groups excluding carboxylic acids is 2. The molecule has 1 amide bonds. The van der Waals surface area contributed by atoms with Crippen molar-refractivity contribution in [1.29, 1.82) is 0 Å². The molecule has 1 fully saturated rings. The molecule has 3 aromatic rings. The number of amides is 1. The molecule has 0 spiro atoms. The number of aliphatic hydroxyl groups is 1. The smallest absolute Gasteiger partial charge is 0.301 e. The molecule has 1 aliphatic heterocycles. The van der Waals surface area contributed by atoms with Crippen LogP contribution >= 0.6 is 11.3 Å². The topological polar surface area (TPSA) is 98.2 Å². The highest BCUT2D eigenvalue weighted by Crippen LogP contribution is 2.44. The number of hydrogen-bond donors (Lipinski definition) is 1. The third-order valence-corrected chi connectivity index (χ3v) is 6.16. The van der Waals surface area contributed by atoms with Gasteiger partial charge in [-0.1, -0.05) is 6.07 Å². The molecular weight excluding hydrogens is 468 g/mol. The maximum absolute atomic E-state index is 13.2. The first kappa shape index (κ1) is 24.3. The first-order chi connectivity index (χ1) is 17.0. The zero-order chi connectivity index (χ0) is 24.9. The maximum Gasteiger partial charge on any atom is 0.301 e.